The van der Waals surface area contributed by atoms with Gasteiger partial charge < -0.3 is 4.90 Å². The topological polar surface area (TPSA) is 50.3 Å². The van der Waals surface area contributed by atoms with Gasteiger partial charge in [0.25, 0.3) is 5.91 Å². The summed E-state index contributed by atoms with van der Waals surface area (Å²) in [6.45, 7) is 3.34. The zero-order chi connectivity index (χ0) is 20.4. The SMILES string of the molecule is Cc1ccc(C2CCN(C(=O)C(=O)Cc3ccc(Cl)cn3)CC2)c2ccccc12. The predicted octanol–water partition coefficient (Wildman–Crippen LogP) is 4.71. The van der Waals surface area contributed by atoms with Crippen LogP contribution < -0.4 is 0 Å². The van der Waals surface area contributed by atoms with Gasteiger partial charge in [0.2, 0.25) is 5.78 Å². The summed E-state index contributed by atoms with van der Waals surface area (Å²) in [5.41, 5.74) is 3.18. The molecule has 0 N–H and O–H groups in total. The highest BCUT2D eigenvalue weighted by Crippen LogP contribution is 2.34. The molecule has 0 radical (unpaired) electrons. The average Bonchev–Trinajstić information content (AvgIpc) is 2.75. The second-order valence-corrected chi connectivity index (χ2v) is 8.09. The van der Waals surface area contributed by atoms with Crippen molar-refractivity contribution in [3.8, 4) is 0 Å². The van der Waals surface area contributed by atoms with Crippen LogP contribution in [0.2, 0.25) is 5.02 Å². The highest BCUT2D eigenvalue weighted by atomic mass is 35.5. The van der Waals surface area contributed by atoms with E-state index >= 15 is 0 Å². The summed E-state index contributed by atoms with van der Waals surface area (Å²) >= 11 is 5.82. The molecule has 1 aromatic heterocycles. The monoisotopic (exact) mass is 406 g/mol. The number of aryl methyl sites for hydroxylation is 1. The third-order valence-electron chi connectivity index (χ3n) is 5.77. The largest absolute Gasteiger partial charge is 0.336 e. The van der Waals surface area contributed by atoms with Gasteiger partial charge in [0.05, 0.1) is 11.4 Å². The molecule has 0 atom stereocenters. The van der Waals surface area contributed by atoms with E-state index in [9.17, 15) is 9.59 Å². The van der Waals surface area contributed by atoms with E-state index in [1.807, 2.05) is 0 Å². The Hall–Kier alpha value is -2.72. The minimum Gasteiger partial charge on any atom is -0.336 e. The van der Waals surface area contributed by atoms with Crippen molar-refractivity contribution in [3.63, 3.8) is 0 Å². The van der Waals surface area contributed by atoms with Crippen molar-refractivity contribution in [3.05, 3.63) is 76.6 Å². The van der Waals surface area contributed by atoms with Crippen LogP contribution in [0.5, 0.6) is 0 Å². The van der Waals surface area contributed by atoms with Gasteiger partial charge in [-0.25, -0.2) is 0 Å². The van der Waals surface area contributed by atoms with Crippen LogP contribution in [0.25, 0.3) is 10.8 Å². The van der Waals surface area contributed by atoms with Crippen LogP contribution in [0.1, 0.15) is 35.6 Å². The van der Waals surface area contributed by atoms with Gasteiger partial charge in [-0.15, -0.1) is 0 Å². The lowest BCUT2D eigenvalue weighted by atomic mass is 9.85. The summed E-state index contributed by atoms with van der Waals surface area (Å²) in [6.07, 6.45) is 3.24. The average molecular weight is 407 g/mol. The molecule has 29 heavy (non-hydrogen) atoms. The molecule has 0 spiro atoms. The Balaban J connectivity index is 1.42. The number of likely N-dealkylation sites (tertiary alicyclic amines) is 1. The van der Waals surface area contributed by atoms with Crippen molar-refractivity contribution < 1.29 is 9.59 Å². The summed E-state index contributed by atoms with van der Waals surface area (Å²) in [5, 5.41) is 3.09. The third-order valence-corrected chi connectivity index (χ3v) is 5.99. The summed E-state index contributed by atoms with van der Waals surface area (Å²) in [7, 11) is 0. The molecule has 148 valence electrons. The Morgan fingerprint density at radius 2 is 1.76 bits per heavy atom. The number of nitrogens with zero attached hydrogens (tertiary/aromatic N) is 2. The van der Waals surface area contributed by atoms with Gasteiger partial charge in [-0.3, -0.25) is 14.6 Å². The number of hydrogen-bond acceptors (Lipinski definition) is 3. The van der Waals surface area contributed by atoms with Crippen molar-refractivity contribution in [2.75, 3.05) is 13.1 Å². The molecule has 4 rings (SSSR count). The number of carbonyl (C=O) groups is 2. The lowest BCUT2D eigenvalue weighted by Gasteiger charge is -2.32. The third kappa shape index (κ3) is 4.18. The molecule has 4 nitrogen and oxygen atoms in total. The number of piperidine rings is 1. The standard InChI is InChI=1S/C24H23ClN2O2/c1-16-6-9-21(22-5-3-2-4-20(16)22)17-10-12-27(13-11-17)24(29)23(28)14-19-8-7-18(25)15-26-19/h2-9,15,17H,10-14H2,1H3. The van der Waals surface area contributed by atoms with E-state index in [1.54, 1.807) is 17.0 Å². The van der Waals surface area contributed by atoms with Crippen LogP contribution in [0.15, 0.2) is 54.7 Å². The van der Waals surface area contributed by atoms with E-state index < -0.39 is 11.7 Å². The molecule has 2 aromatic carbocycles. The summed E-state index contributed by atoms with van der Waals surface area (Å²) < 4.78 is 0. The first-order chi connectivity index (χ1) is 14.0. The minimum atomic E-state index is -0.418. The Kier molecular flexibility index (Phi) is 5.63. The fourth-order valence-corrected chi connectivity index (χ4v) is 4.26. The number of hydrogen-bond donors (Lipinski definition) is 0. The fourth-order valence-electron chi connectivity index (χ4n) is 4.15. The molecule has 1 saturated heterocycles. The first kappa shape index (κ1) is 19.6. The first-order valence-corrected chi connectivity index (χ1v) is 10.3. The van der Waals surface area contributed by atoms with E-state index in [1.165, 1.54) is 28.1 Å². The van der Waals surface area contributed by atoms with E-state index in [0.717, 1.165) is 12.8 Å². The van der Waals surface area contributed by atoms with Crippen molar-refractivity contribution in [2.24, 2.45) is 0 Å². The normalized spacial score (nSPS) is 14.9. The van der Waals surface area contributed by atoms with Crippen molar-refractivity contribution in [2.45, 2.75) is 32.1 Å². The van der Waals surface area contributed by atoms with Gasteiger partial charge in [0.1, 0.15) is 0 Å². The molecule has 1 aliphatic heterocycles. The molecule has 0 saturated carbocycles. The van der Waals surface area contributed by atoms with Crippen molar-refractivity contribution in [1.29, 1.82) is 0 Å². The highest BCUT2D eigenvalue weighted by Gasteiger charge is 2.28. The van der Waals surface area contributed by atoms with Crippen LogP contribution >= 0.6 is 11.6 Å². The number of benzene rings is 2. The van der Waals surface area contributed by atoms with Gasteiger partial charge in [0, 0.05) is 25.0 Å². The highest BCUT2D eigenvalue weighted by molar-refractivity contribution is 6.36. The maximum atomic E-state index is 12.6. The second-order valence-electron chi connectivity index (χ2n) is 7.65. The zero-order valence-electron chi connectivity index (χ0n) is 16.4. The van der Waals surface area contributed by atoms with Crippen LogP contribution in [0.3, 0.4) is 0 Å². The molecule has 3 aromatic rings. The number of rotatable bonds is 4. The number of pyridine rings is 1. The molecule has 5 heteroatoms. The van der Waals surface area contributed by atoms with Gasteiger partial charge in [0.15, 0.2) is 0 Å². The van der Waals surface area contributed by atoms with E-state index in [0.29, 0.717) is 29.7 Å². The molecule has 1 aliphatic rings. The number of amides is 1. The Morgan fingerprint density at radius 3 is 2.45 bits per heavy atom. The van der Waals surface area contributed by atoms with Crippen molar-refractivity contribution in [1.82, 2.24) is 9.88 Å². The van der Waals surface area contributed by atoms with E-state index in [2.05, 4.69) is 48.3 Å². The summed E-state index contributed by atoms with van der Waals surface area (Å²) in [6, 6.07) is 16.2. The summed E-state index contributed by atoms with van der Waals surface area (Å²) in [4.78, 5) is 30.8. The molecular weight excluding hydrogens is 384 g/mol. The second kappa shape index (κ2) is 8.34. The Morgan fingerprint density at radius 1 is 1.03 bits per heavy atom. The first-order valence-electron chi connectivity index (χ1n) is 9.93. The van der Waals surface area contributed by atoms with Gasteiger partial charge >= 0.3 is 0 Å². The fraction of sp³-hybridized carbons (Fsp3) is 0.292. The minimum absolute atomic E-state index is 0.0124. The zero-order valence-corrected chi connectivity index (χ0v) is 17.2. The molecule has 0 aliphatic carbocycles. The number of ketones is 1. The van der Waals surface area contributed by atoms with Gasteiger partial charge in [-0.2, -0.15) is 0 Å². The Bertz CT molecular complexity index is 1050. The number of Topliss-reactive ketones (excluding diaryl/α,β-unsaturated/α-hetero) is 1. The molecule has 0 bridgehead atoms. The van der Waals surface area contributed by atoms with Crippen LogP contribution in [-0.2, 0) is 16.0 Å². The number of aromatic nitrogens is 1. The molecular formula is C24H23ClN2O2. The number of carbonyl (C=O) groups excluding carboxylic acids is 2. The number of halogens is 1. The maximum absolute atomic E-state index is 12.6. The quantitative estimate of drug-likeness (QED) is 0.589. The lowest BCUT2D eigenvalue weighted by molar-refractivity contribution is -0.145. The molecule has 2 heterocycles. The van der Waals surface area contributed by atoms with Gasteiger partial charge in [-0.05, 0) is 59.7 Å². The van der Waals surface area contributed by atoms with Crippen LogP contribution in [0, 0.1) is 6.92 Å². The predicted molar refractivity (Wildman–Crippen MR) is 115 cm³/mol. The lowest BCUT2D eigenvalue weighted by Crippen LogP contribution is -2.42. The number of fused-ring (bicyclic) bond motifs is 1. The van der Waals surface area contributed by atoms with Crippen molar-refractivity contribution >= 4 is 34.1 Å². The maximum Gasteiger partial charge on any atom is 0.290 e. The smallest absolute Gasteiger partial charge is 0.290 e. The molecule has 0 unspecified atom stereocenters. The van der Waals surface area contributed by atoms with Crippen LogP contribution in [0.4, 0.5) is 0 Å². The van der Waals surface area contributed by atoms with E-state index in [-0.39, 0.29) is 6.42 Å². The van der Waals surface area contributed by atoms with Gasteiger partial charge in [-0.1, -0.05) is 48.0 Å². The summed E-state index contributed by atoms with van der Waals surface area (Å²) in [5.74, 6) is -0.425. The van der Waals surface area contributed by atoms with E-state index in [4.69, 9.17) is 11.6 Å². The molecule has 1 amide bonds. The van der Waals surface area contributed by atoms with Crippen LogP contribution in [-0.4, -0.2) is 34.7 Å². The molecule has 1 fully saturated rings. The Labute approximate surface area is 175 Å².